The Morgan fingerprint density at radius 2 is 1.70 bits per heavy atom. The molecule has 3 nitrogen and oxygen atoms in total. The number of thiocarbonyl (C=S) groups is 1. The number of alkyl halides is 3. The van der Waals surface area contributed by atoms with E-state index in [9.17, 15) is 13.2 Å². The summed E-state index contributed by atoms with van der Waals surface area (Å²) in [7, 11) is 1.84. The van der Waals surface area contributed by atoms with Gasteiger partial charge in [-0.25, -0.2) is 0 Å². The van der Waals surface area contributed by atoms with E-state index in [-0.39, 0.29) is 5.75 Å². The molecule has 0 saturated carbocycles. The minimum atomic E-state index is -4.69. The molecule has 0 aliphatic heterocycles. The molecule has 23 heavy (non-hydrogen) atoms. The van der Waals surface area contributed by atoms with Crippen LogP contribution in [0, 0.1) is 0 Å². The van der Waals surface area contributed by atoms with Crippen molar-refractivity contribution in [2.45, 2.75) is 12.9 Å². The van der Waals surface area contributed by atoms with E-state index < -0.39 is 6.36 Å². The molecule has 0 bridgehead atoms. The van der Waals surface area contributed by atoms with E-state index in [0.29, 0.717) is 17.3 Å². The molecule has 7 heteroatoms. The maximum atomic E-state index is 12.1. The summed E-state index contributed by atoms with van der Waals surface area (Å²) >= 11 is 5.28. The number of anilines is 1. The zero-order chi connectivity index (χ0) is 16.9. The monoisotopic (exact) mass is 340 g/mol. The largest absolute Gasteiger partial charge is 0.573 e. The Balaban J connectivity index is 1.92. The average molecular weight is 340 g/mol. The topological polar surface area (TPSA) is 24.5 Å². The van der Waals surface area contributed by atoms with Gasteiger partial charge in [-0.1, -0.05) is 30.3 Å². The van der Waals surface area contributed by atoms with Crippen LogP contribution in [0.1, 0.15) is 5.56 Å². The Labute approximate surface area is 137 Å². The van der Waals surface area contributed by atoms with Crippen LogP contribution in [0.4, 0.5) is 18.9 Å². The average Bonchev–Trinajstić information content (AvgIpc) is 2.48. The van der Waals surface area contributed by atoms with Gasteiger partial charge in [-0.2, -0.15) is 0 Å². The second kappa shape index (κ2) is 7.32. The van der Waals surface area contributed by atoms with Gasteiger partial charge in [0.25, 0.3) is 0 Å². The quantitative estimate of drug-likeness (QED) is 0.833. The molecule has 2 aromatic carbocycles. The molecular formula is C16H15F3N2OS. The zero-order valence-electron chi connectivity index (χ0n) is 12.3. The molecular weight excluding hydrogens is 325 g/mol. The van der Waals surface area contributed by atoms with Gasteiger partial charge in [0.15, 0.2) is 5.11 Å². The van der Waals surface area contributed by atoms with Crippen LogP contribution < -0.4 is 10.1 Å². The van der Waals surface area contributed by atoms with Gasteiger partial charge < -0.3 is 15.0 Å². The summed E-state index contributed by atoms with van der Waals surface area (Å²) in [6.45, 7) is 0.627. The fourth-order valence-corrected chi connectivity index (χ4v) is 2.07. The standard InChI is InChI=1S/C16H15F3N2OS/c1-21(11-12-5-3-2-4-6-12)15(23)20-13-7-9-14(10-8-13)22-16(17,18)19/h2-10H,11H2,1H3,(H,20,23). The van der Waals surface area contributed by atoms with Gasteiger partial charge >= 0.3 is 6.36 Å². The highest BCUT2D eigenvalue weighted by Crippen LogP contribution is 2.24. The molecule has 122 valence electrons. The molecule has 0 unspecified atom stereocenters. The second-order valence-electron chi connectivity index (χ2n) is 4.84. The Morgan fingerprint density at radius 1 is 1.09 bits per heavy atom. The van der Waals surface area contributed by atoms with Crippen molar-refractivity contribution in [3.63, 3.8) is 0 Å². The predicted molar refractivity (Wildman–Crippen MR) is 87.3 cm³/mol. The number of halogens is 3. The van der Waals surface area contributed by atoms with Crippen molar-refractivity contribution in [2.24, 2.45) is 0 Å². The fraction of sp³-hybridized carbons (Fsp3) is 0.188. The summed E-state index contributed by atoms with van der Waals surface area (Å²) in [6, 6.07) is 15.2. The van der Waals surface area contributed by atoms with Crippen molar-refractivity contribution < 1.29 is 17.9 Å². The van der Waals surface area contributed by atoms with Crippen molar-refractivity contribution in [2.75, 3.05) is 12.4 Å². The SMILES string of the molecule is CN(Cc1ccccc1)C(=S)Nc1ccc(OC(F)(F)F)cc1. The number of hydrogen-bond donors (Lipinski definition) is 1. The van der Waals surface area contributed by atoms with E-state index in [2.05, 4.69) is 10.1 Å². The van der Waals surface area contributed by atoms with Crippen molar-refractivity contribution in [3.8, 4) is 5.75 Å². The van der Waals surface area contributed by atoms with Gasteiger partial charge in [-0.3, -0.25) is 0 Å². The van der Waals surface area contributed by atoms with Gasteiger partial charge in [0.2, 0.25) is 0 Å². The Hall–Kier alpha value is -2.28. The molecule has 0 atom stereocenters. The van der Waals surface area contributed by atoms with Crippen LogP contribution in [-0.4, -0.2) is 23.4 Å². The zero-order valence-corrected chi connectivity index (χ0v) is 13.1. The molecule has 2 rings (SSSR count). The fourth-order valence-electron chi connectivity index (χ4n) is 1.89. The first-order valence-electron chi connectivity index (χ1n) is 6.75. The first-order chi connectivity index (χ1) is 10.8. The number of nitrogens with zero attached hydrogens (tertiary/aromatic N) is 1. The molecule has 0 radical (unpaired) electrons. The van der Waals surface area contributed by atoms with Crippen LogP contribution in [0.5, 0.6) is 5.75 Å². The predicted octanol–water partition coefficient (Wildman–Crippen LogP) is 4.41. The number of benzene rings is 2. The van der Waals surface area contributed by atoms with E-state index >= 15 is 0 Å². The highest BCUT2D eigenvalue weighted by Gasteiger charge is 2.30. The molecule has 0 fully saturated rings. The molecule has 0 aromatic heterocycles. The summed E-state index contributed by atoms with van der Waals surface area (Å²) in [5.41, 5.74) is 1.69. The van der Waals surface area contributed by atoms with Crippen LogP contribution >= 0.6 is 12.2 Å². The lowest BCUT2D eigenvalue weighted by atomic mass is 10.2. The van der Waals surface area contributed by atoms with Crippen LogP contribution in [-0.2, 0) is 6.54 Å². The number of nitrogens with one attached hydrogen (secondary N) is 1. The van der Waals surface area contributed by atoms with E-state index in [4.69, 9.17) is 12.2 Å². The highest BCUT2D eigenvalue weighted by molar-refractivity contribution is 7.80. The maximum Gasteiger partial charge on any atom is 0.573 e. The maximum absolute atomic E-state index is 12.1. The summed E-state index contributed by atoms with van der Waals surface area (Å²) in [4.78, 5) is 1.84. The molecule has 0 spiro atoms. The van der Waals surface area contributed by atoms with Crippen molar-refractivity contribution >= 4 is 23.0 Å². The Bertz CT molecular complexity index is 645. The highest BCUT2D eigenvalue weighted by atomic mass is 32.1. The first-order valence-corrected chi connectivity index (χ1v) is 7.16. The molecule has 0 heterocycles. The van der Waals surface area contributed by atoms with Gasteiger partial charge in [0, 0.05) is 19.3 Å². The summed E-state index contributed by atoms with van der Waals surface area (Å²) in [5.74, 6) is -0.272. The molecule has 0 aliphatic rings. The molecule has 0 aliphatic carbocycles. The van der Waals surface area contributed by atoms with Gasteiger partial charge in [0.05, 0.1) is 0 Å². The molecule has 1 N–H and O–H groups in total. The van der Waals surface area contributed by atoms with E-state index in [1.54, 1.807) is 0 Å². The van der Waals surface area contributed by atoms with E-state index in [0.717, 1.165) is 5.56 Å². The van der Waals surface area contributed by atoms with Crippen LogP contribution in [0.15, 0.2) is 54.6 Å². The van der Waals surface area contributed by atoms with Crippen molar-refractivity contribution in [3.05, 3.63) is 60.2 Å². The van der Waals surface area contributed by atoms with Gasteiger partial charge in [0.1, 0.15) is 5.75 Å². The normalized spacial score (nSPS) is 11.0. The minimum absolute atomic E-state index is 0.272. The summed E-state index contributed by atoms with van der Waals surface area (Å²) in [6.07, 6.45) is -4.69. The minimum Gasteiger partial charge on any atom is -0.406 e. The van der Waals surface area contributed by atoms with Gasteiger partial charge in [-0.05, 0) is 42.0 Å². The molecule has 2 aromatic rings. The van der Waals surface area contributed by atoms with Crippen molar-refractivity contribution in [1.82, 2.24) is 4.90 Å². The Kier molecular flexibility index (Phi) is 5.44. The van der Waals surface area contributed by atoms with E-state index in [1.807, 2.05) is 42.3 Å². The first kappa shape index (κ1) is 17.1. The number of ether oxygens (including phenoxy) is 1. The van der Waals surface area contributed by atoms with Crippen molar-refractivity contribution in [1.29, 1.82) is 0 Å². The Morgan fingerprint density at radius 3 is 2.26 bits per heavy atom. The summed E-state index contributed by atoms with van der Waals surface area (Å²) in [5, 5.41) is 3.44. The molecule has 0 saturated heterocycles. The van der Waals surface area contributed by atoms with Crippen LogP contribution in [0.3, 0.4) is 0 Å². The van der Waals surface area contributed by atoms with Gasteiger partial charge in [-0.15, -0.1) is 13.2 Å². The lowest BCUT2D eigenvalue weighted by Crippen LogP contribution is -2.30. The van der Waals surface area contributed by atoms with E-state index in [1.165, 1.54) is 24.3 Å². The number of hydrogen-bond acceptors (Lipinski definition) is 2. The smallest absolute Gasteiger partial charge is 0.406 e. The third-order valence-corrected chi connectivity index (χ3v) is 3.36. The summed E-state index contributed by atoms with van der Waals surface area (Å²) < 4.78 is 40.1. The van der Waals surface area contributed by atoms with Crippen LogP contribution in [0.2, 0.25) is 0 Å². The number of rotatable bonds is 4. The lowest BCUT2D eigenvalue weighted by Gasteiger charge is -2.21. The van der Waals surface area contributed by atoms with Crippen LogP contribution in [0.25, 0.3) is 0 Å². The lowest BCUT2D eigenvalue weighted by molar-refractivity contribution is -0.274. The molecule has 0 amide bonds. The third-order valence-electron chi connectivity index (χ3n) is 2.95. The second-order valence-corrected chi connectivity index (χ2v) is 5.23. The third kappa shape index (κ3) is 5.78.